The van der Waals surface area contributed by atoms with Crippen LogP contribution in [0.15, 0.2) is 24.3 Å². The van der Waals surface area contributed by atoms with E-state index in [-0.39, 0.29) is 17.9 Å². The molecule has 1 heterocycles. The Labute approximate surface area is 119 Å². The second kappa shape index (κ2) is 5.94. The number of hydrogen-bond donors (Lipinski definition) is 2. The molecular weight excluding hydrogens is 252 g/mol. The van der Waals surface area contributed by atoms with Gasteiger partial charge in [0.05, 0.1) is 6.10 Å². The van der Waals surface area contributed by atoms with Crippen LogP contribution in [-0.2, 0) is 17.9 Å². The van der Waals surface area contributed by atoms with Gasteiger partial charge in [-0.15, -0.1) is 0 Å². The topological polar surface area (TPSA) is 52.6 Å². The SMILES string of the molecule is O=C(NCc1ccccc1CN1CC[C@@H](O)C1)C1CC1. The van der Waals surface area contributed by atoms with E-state index in [9.17, 15) is 9.90 Å². The highest BCUT2D eigenvalue weighted by Crippen LogP contribution is 2.28. The minimum absolute atomic E-state index is 0.184. The van der Waals surface area contributed by atoms with E-state index in [0.717, 1.165) is 38.9 Å². The van der Waals surface area contributed by atoms with Gasteiger partial charge >= 0.3 is 0 Å². The Morgan fingerprint density at radius 3 is 2.65 bits per heavy atom. The number of rotatable bonds is 5. The lowest BCUT2D eigenvalue weighted by molar-refractivity contribution is -0.122. The molecule has 3 rings (SSSR count). The summed E-state index contributed by atoms with van der Waals surface area (Å²) in [6.45, 7) is 3.17. The zero-order valence-corrected chi connectivity index (χ0v) is 11.7. The molecule has 1 saturated carbocycles. The summed E-state index contributed by atoms with van der Waals surface area (Å²) in [6.07, 6.45) is 2.76. The average molecular weight is 274 g/mol. The van der Waals surface area contributed by atoms with Crippen LogP contribution < -0.4 is 5.32 Å². The lowest BCUT2D eigenvalue weighted by atomic mass is 10.1. The van der Waals surface area contributed by atoms with Crippen molar-refractivity contribution in [3.63, 3.8) is 0 Å². The third-order valence-corrected chi connectivity index (χ3v) is 4.16. The summed E-state index contributed by atoms with van der Waals surface area (Å²) in [4.78, 5) is 14.0. The van der Waals surface area contributed by atoms with Crippen molar-refractivity contribution in [2.24, 2.45) is 5.92 Å². The normalized spacial score (nSPS) is 22.9. The van der Waals surface area contributed by atoms with E-state index in [0.29, 0.717) is 6.54 Å². The number of benzene rings is 1. The zero-order chi connectivity index (χ0) is 13.9. The molecule has 0 radical (unpaired) electrons. The number of nitrogens with one attached hydrogen (secondary N) is 1. The summed E-state index contributed by atoms with van der Waals surface area (Å²) in [5.41, 5.74) is 2.43. The van der Waals surface area contributed by atoms with E-state index in [4.69, 9.17) is 0 Å². The van der Waals surface area contributed by atoms with E-state index in [1.807, 2.05) is 12.1 Å². The monoisotopic (exact) mass is 274 g/mol. The van der Waals surface area contributed by atoms with Crippen LogP contribution >= 0.6 is 0 Å². The number of carbonyl (C=O) groups excluding carboxylic acids is 1. The van der Waals surface area contributed by atoms with Gasteiger partial charge in [-0.1, -0.05) is 24.3 Å². The molecule has 108 valence electrons. The summed E-state index contributed by atoms with van der Waals surface area (Å²) in [6, 6.07) is 8.24. The van der Waals surface area contributed by atoms with Crippen LogP contribution in [0.1, 0.15) is 30.4 Å². The van der Waals surface area contributed by atoms with Gasteiger partial charge in [-0.3, -0.25) is 9.69 Å². The van der Waals surface area contributed by atoms with Crippen LogP contribution in [0.5, 0.6) is 0 Å². The van der Waals surface area contributed by atoms with Gasteiger partial charge in [-0.25, -0.2) is 0 Å². The first kappa shape index (κ1) is 13.6. The summed E-state index contributed by atoms with van der Waals surface area (Å²) < 4.78 is 0. The molecule has 2 fully saturated rings. The van der Waals surface area contributed by atoms with Crippen molar-refractivity contribution in [1.82, 2.24) is 10.2 Å². The number of carbonyl (C=O) groups is 1. The fourth-order valence-corrected chi connectivity index (χ4v) is 2.75. The van der Waals surface area contributed by atoms with E-state index in [1.54, 1.807) is 0 Å². The Kier molecular flexibility index (Phi) is 4.03. The standard InChI is InChI=1S/C16H22N2O2/c19-15-7-8-18(11-15)10-14-4-2-1-3-13(14)9-17-16(20)12-5-6-12/h1-4,12,15,19H,5-11H2,(H,17,20)/t15-/m1/s1. The number of aliphatic hydroxyl groups excluding tert-OH is 1. The summed E-state index contributed by atoms with van der Waals surface area (Å²) in [7, 11) is 0. The minimum atomic E-state index is -0.184. The van der Waals surface area contributed by atoms with Gasteiger partial charge in [0.2, 0.25) is 5.91 Å². The van der Waals surface area contributed by atoms with Gasteiger partial charge in [0.1, 0.15) is 0 Å². The maximum absolute atomic E-state index is 11.7. The number of amides is 1. The molecule has 1 aromatic rings. The lowest BCUT2D eigenvalue weighted by Crippen LogP contribution is -2.26. The average Bonchev–Trinajstić information content (AvgIpc) is 3.22. The molecule has 20 heavy (non-hydrogen) atoms. The molecule has 0 bridgehead atoms. The van der Waals surface area contributed by atoms with E-state index >= 15 is 0 Å². The first-order valence-corrected chi connectivity index (χ1v) is 7.47. The third kappa shape index (κ3) is 3.38. The number of aliphatic hydroxyl groups is 1. The zero-order valence-electron chi connectivity index (χ0n) is 11.7. The van der Waals surface area contributed by atoms with Gasteiger partial charge in [0, 0.05) is 32.1 Å². The predicted molar refractivity (Wildman–Crippen MR) is 76.9 cm³/mol. The summed E-state index contributed by atoms with van der Waals surface area (Å²) in [5.74, 6) is 0.451. The lowest BCUT2D eigenvalue weighted by Gasteiger charge is -2.18. The van der Waals surface area contributed by atoms with Crippen molar-refractivity contribution in [3.8, 4) is 0 Å². The number of nitrogens with zero attached hydrogens (tertiary/aromatic N) is 1. The number of hydrogen-bond acceptors (Lipinski definition) is 3. The van der Waals surface area contributed by atoms with Crippen molar-refractivity contribution in [2.75, 3.05) is 13.1 Å². The Balaban J connectivity index is 1.60. The second-order valence-electron chi connectivity index (χ2n) is 5.94. The summed E-state index contributed by atoms with van der Waals surface area (Å²) in [5, 5.41) is 12.6. The largest absolute Gasteiger partial charge is 0.392 e. The molecule has 1 aromatic carbocycles. The molecule has 1 aliphatic heterocycles. The van der Waals surface area contributed by atoms with Crippen LogP contribution in [0.2, 0.25) is 0 Å². The molecule has 4 heteroatoms. The van der Waals surface area contributed by atoms with Crippen LogP contribution in [0.4, 0.5) is 0 Å². The van der Waals surface area contributed by atoms with Crippen molar-refractivity contribution in [2.45, 2.75) is 38.5 Å². The summed E-state index contributed by atoms with van der Waals surface area (Å²) >= 11 is 0. The van der Waals surface area contributed by atoms with Gasteiger partial charge in [0.15, 0.2) is 0 Å². The molecule has 0 aromatic heterocycles. The van der Waals surface area contributed by atoms with E-state index in [2.05, 4.69) is 22.3 Å². The molecular formula is C16H22N2O2. The van der Waals surface area contributed by atoms with Crippen LogP contribution in [0.3, 0.4) is 0 Å². The van der Waals surface area contributed by atoms with E-state index in [1.165, 1.54) is 11.1 Å². The fraction of sp³-hybridized carbons (Fsp3) is 0.562. The molecule has 1 saturated heterocycles. The Morgan fingerprint density at radius 1 is 1.25 bits per heavy atom. The quantitative estimate of drug-likeness (QED) is 0.850. The number of likely N-dealkylation sites (tertiary alicyclic amines) is 1. The van der Waals surface area contributed by atoms with Crippen LogP contribution in [-0.4, -0.2) is 35.1 Å². The highest BCUT2D eigenvalue weighted by molar-refractivity contribution is 5.80. The predicted octanol–water partition coefficient (Wildman–Crippen LogP) is 1.28. The second-order valence-corrected chi connectivity index (χ2v) is 5.94. The molecule has 0 unspecified atom stereocenters. The van der Waals surface area contributed by atoms with Crippen molar-refractivity contribution in [3.05, 3.63) is 35.4 Å². The molecule has 2 aliphatic rings. The number of β-amino-alcohol motifs (C(OH)–C–C–N with tert-alkyl or cyclic N) is 1. The minimum Gasteiger partial charge on any atom is -0.392 e. The molecule has 1 aliphatic carbocycles. The highest BCUT2D eigenvalue weighted by atomic mass is 16.3. The Bertz CT molecular complexity index is 485. The smallest absolute Gasteiger partial charge is 0.223 e. The Hall–Kier alpha value is -1.39. The van der Waals surface area contributed by atoms with E-state index < -0.39 is 0 Å². The molecule has 1 amide bonds. The highest BCUT2D eigenvalue weighted by Gasteiger charge is 2.29. The van der Waals surface area contributed by atoms with Gasteiger partial charge in [0.25, 0.3) is 0 Å². The van der Waals surface area contributed by atoms with Crippen molar-refractivity contribution >= 4 is 5.91 Å². The van der Waals surface area contributed by atoms with Gasteiger partial charge in [-0.05, 0) is 30.4 Å². The van der Waals surface area contributed by atoms with Crippen molar-refractivity contribution < 1.29 is 9.90 Å². The molecule has 4 nitrogen and oxygen atoms in total. The Morgan fingerprint density at radius 2 is 2.00 bits per heavy atom. The van der Waals surface area contributed by atoms with Gasteiger partial charge in [-0.2, -0.15) is 0 Å². The molecule has 2 N–H and O–H groups in total. The van der Waals surface area contributed by atoms with Crippen LogP contribution in [0, 0.1) is 5.92 Å². The van der Waals surface area contributed by atoms with Gasteiger partial charge < -0.3 is 10.4 Å². The first-order valence-electron chi connectivity index (χ1n) is 7.47. The van der Waals surface area contributed by atoms with Crippen LogP contribution in [0.25, 0.3) is 0 Å². The third-order valence-electron chi connectivity index (χ3n) is 4.16. The maximum atomic E-state index is 11.7. The van der Waals surface area contributed by atoms with Crippen molar-refractivity contribution in [1.29, 1.82) is 0 Å². The fourth-order valence-electron chi connectivity index (χ4n) is 2.75. The molecule has 1 atom stereocenters. The first-order chi connectivity index (χ1) is 9.72. The maximum Gasteiger partial charge on any atom is 0.223 e. The molecule has 0 spiro atoms.